The van der Waals surface area contributed by atoms with Crippen LogP contribution in [0.2, 0.25) is 0 Å². The quantitative estimate of drug-likeness (QED) is 0.686. The minimum atomic E-state index is 0.201. The molecule has 0 aliphatic carbocycles. The van der Waals surface area contributed by atoms with Gasteiger partial charge in [0.15, 0.2) is 0 Å². The van der Waals surface area contributed by atoms with Crippen molar-refractivity contribution in [2.75, 3.05) is 7.11 Å². The maximum absolute atomic E-state index is 5.44. The minimum Gasteiger partial charge on any atom is -0.496 e. The van der Waals surface area contributed by atoms with E-state index in [4.69, 9.17) is 4.74 Å². The fraction of sp³-hybridized carbons (Fsp3) is 0.294. The van der Waals surface area contributed by atoms with Gasteiger partial charge in [0.05, 0.1) is 7.11 Å². The first-order chi connectivity index (χ1) is 10.0. The number of nitrogens with one attached hydrogen (secondary N) is 1. The lowest BCUT2D eigenvalue weighted by Crippen LogP contribution is -2.23. The van der Waals surface area contributed by atoms with Crippen molar-refractivity contribution in [2.24, 2.45) is 0 Å². The van der Waals surface area contributed by atoms with Gasteiger partial charge in [0.1, 0.15) is 5.75 Å². The molecule has 0 amide bonds. The second-order valence-corrected chi connectivity index (χ2v) is 6.79. The summed E-state index contributed by atoms with van der Waals surface area (Å²) in [7, 11) is 1.71. The lowest BCUT2D eigenvalue weighted by atomic mass is 10.0. The topological polar surface area (TPSA) is 21.3 Å². The van der Waals surface area contributed by atoms with Crippen LogP contribution in [-0.4, -0.2) is 7.11 Å². The number of halogens is 2. The Balaban J connectivity index is 2.16. The van der Waals surface area contributed by atoms with Crippen LogP contribution >= 0.6 is 31.9 Å². The van der Waals surface area contributed by atoms with Crippen molar-refractivity contribution < 1.29 is 4.74 Å². The molecule has 0 radical (unpaired) electrons. The van der Waals surface area contributed by atoms with Gasteiger partial charge < -0.3 is 10.1 Å². The highest BCUT2D eigenvalue weighted by molar-refractivity contribution is 9.11. The summed E-state index contributed by atoms with van der Waals surface area (Å²) < 4.78 is 7.61. The van der Waals surface area contributed by atoms with Crippen LogP contribution in [0.5, 0.6) is 5.75 Å². The van der Waals surface area contributed by atoms with E-state index < -0.39 is 0 Å². The molecule has 0 aromatic heterocycles. The maximum Gasteiger partial charge on any atom is 0.123 e. The second-order valence-electron chi connectivity index (χ2n) is 5.02. The molecule has 2 atom stereocenters. The number of ether oxygens (including phenoxy) is 1. The molecule has 0 aliphatic rings. The summed E-state index contributed by atoms with van der Waals surface area (Å²) in [5, 5.41) is 3.62. The van der Waals surface area contributed by atoms with E-state index in [1.165, 1.54) is 11.1 Å². The van der Waals surface area contributed by atoms with E-state index in [2.05, 4.69) is 75.3 Å². The average Bonchev–Trinajstić information content (AvgIpc) is 2.46. The molecule has 0 fully saturated rings. The highest BCUT2D eigenvalue weighted by atomic mass is 79.9. The van der Waals surface area contributed by atoms with Gasteiger partial charge in [0, 0.05) is 26.6 Å². The van der Waals surface area contributed by atoms with E-state index in [9.17, 15) is 0 Å². The summed E-state index contributed by atoms with van der Waals surface area (Å²) in [6.07, 6.45) is 0. The number of methoxy groups -OCH3 is 1. The van der Waals surface area contributed by atoms with Crippen molar-refractivity contribution in [1.29, 1.82) is 0 Å². The predicted molar refractivity (Wildman–Crippen MR) is 94.8 cm³/mol. The standard InChI is InChI=1S/C17H19Br2NO/c1-11(14-9-8-13(18)10-16(14)19)20-12(2)15-6-4-5-7-17(15)21-3/h4-12,20H,1-3H3. The number of benzene rings is 2. The Kier molecular flexibility index (Phi) is 5.85. The van der Waals surface area contributed by atoms with Crippen LogP contribution in [0.3, 0.4) is 0 Å². The molecule has 2 aromatic carbocycles. The predicted octanol–water partition coefficient (Wildman–Crippen LogP) is 5.63. The first-order valence-corrected chi connectivity index (χ1v) is 8.45. The number of rotatable bonds is 5. The molecule has 21 heavy (non-hydrogen) atoms. The average molecular weight is 413 g/mol. The van der Waals surface area contributed by atoms with E-state index in [1.807, 2.05) is 18.2 Å². The molecule has 0 spiro atoms. The summed E-state index contributed by atoms with van der Waals surface area (Å²) in [6, 6.07) is 14.8. The molecule has 0 aliphatic heterocycles. The molecule has 2 rings (SSSR count). The normalized spacial score (nSPS) is 13.8. The number of hydrogen-bond acceptors (Lipinski definition) is 2. The molecular weight excluding hydrogens is 394 g/mol. The van der Waals surface area contributed by atoms with E-state index in [1.54, 1.807) is 7.11 Å². The van der Waals surface area contributed by atoms with Gasteiger partial charge in [-0.15, -0.1) is 0 Å². The van der Waals surface area contributed by atoms with Crippen molar-refractivity contribution in [3.8, 4) is 5.75 Å². The molecule has 2 aromatic rings. The molecule has 0 heterocycles. The zero-order valence-electron chi connectivity index (χ0n) is 12.4. The SMILES string of the molecule is COc1ccccc1C(C)NC(C)c1ccc(Br)cc1Br. The van der Waals surface area contributed by atoms with Crippen molar-refractivity contribution >= 4 is 31.9 Å². The van der Waals surface area contributed by atoms with E-state index in [0.717, 1.165) is 14.7 Å². The molecular formula is C17H19Br2NO. The van der Waals surface area contributed by atoms with Gasteiger partial charge >= 0.3 is 0 Å². The number of para-hydroxylation sites is 1. The van der Waals surface area contributed by atoms with Crippen LogP contribution in [0.1, 0.15) is 37.1 Å². The molecule has 1 N–H and O–H groups in total. The first kappa shape index (κ1) is 16.5. The zero-order chi connectivity index (χ0) is 15.4. The monoisotopic (exact) mass is 411 g/mol. The fourth-order valence-electron chi connectivity index (χ4n) is 2.43. The van der Waals surface area contributed by atoms with E-state index in [0.29, 0.717) is 0 Å². The van der Waals surface area contributed by atoms with Crippen LogP contribution in [0.4, 0.5) is 0 Å². The van der Waals surface area contributed by atoms with E-state index in [-0.39, 0.29) is 12.1 Å². The van der Waals surface area contributed by atoms with Crippen LogP contribution < -0.4 is 10.1 Å². The third kappa shape index (κ3) is 4.09. The van der Waals surface area contributed by atoms with Gasteiger partial charge in [-0.2, -0.15) is 0 Å². The molecule has 4 heteroatoms. The Morgan fingerprint density at radius 1 is 0.952 bits per heavy atom. The molecule has 0 saturated heterocycles. The van der Waals surface area contributed by atoms with Crippen molar-refractivity contribution in [1.82, 2.24) is 5.32 Å². The summed E-state index contributed by atoms with van der Waals surface area (Å²) in [4.78, 5) is 0. The summed E-state index contributed by atoms with van der Waals surface area (Å²) in [5.41, 5.74) is 2.40. The Morgan fingerprint density at radius 3 is 2.29 bits per heavy atom. The molecule has 0 saturated carbocycles. The first-order valence-electron chi connectivity index (χ1n) is 6.87. The smallest absolute Gasteiger partial charge is 0.123 e. The third-order valence-corrected chi connectivity index (χ3v) is 4.71. The van der Waals surface area contributed by atoms with Gasteiger partial charge in [-0.1, -0.05) is 56.1 Å². The van der Waals surface area contributed by atoms with Crippen molar-refractivity contribution in [3.05, 3.63) is 62.5 Å². The molecule has 112 valence electrons. The zero-order valence-corrected chi connectivity index (χ0v) is 15.5. The fourth-order valence-corrected chi connectivity index (χ4v) is 3.82. The van der Waals surface area contributed by atoms with Crippen LogP contribution in [0.15, 0.2) is 51.4 Å². The van der Waals surface area contributed by atoms with Gasteiger partial charge in [0.25, 0.3) is 0 Å². The highest BCUT2D eigenvalue weighted by Gasteiger charge is 2.16. The van der Waals surface area contributed by atoms with Gasteiger partial charge in [-0.3, -0.25) is 0 Å². The van der Waals surface area contributed by atoms with E-state index >= 15 is 0 Å². The Hall–Kier alpha value is -0.840. The minimum absolute atomic E-state index is 0.201. The summed E-state index contributed by atoms with van der Waals surface area (Å²) >= 11 is 7.11. The summed E-state index contributed by atoms with van der Waals surface area (Å²) in [6.45, 7) is 4.32. The molecule has 2 nitrogen and oxygen atoms in total. The van der Waals surface area contributed by atoms with Crippen molar-refractivity contribution in [3.63, 3.8) is 0 Å². The largest absolute Gasteiger partial charge is 0.496 e. The number of hydrogen-bond donors (Lipinski definition) is 1. The van der Waals surface area contributed by atoms with Crippen LogP contribution in [0, 0.1) is 0 Å². The van der Waals surface area contributed by atoms with Crippen LogP contribution in [-0.2, 0) is 0 Å². The Bertz CT molecular complexity index is 615. The van der Waals surface area contributed by atoms with Crippen LogP contribution in [0.25, 0.3) is 0 Å². The summed E-state index contributed by atoms with van der Waals surface area (Å²) in [5.74, 6) is 0.916. The highest BCUT2D eigenvalue weighted by Crippen LogP contribution is 2.30. The second kappa shape index (κ2) is 7.43. The lowest BCUT2D eigenvalue weighted by molar-refractivity contribution is 0.396. The molecule has 2 unspecified atom stereocenters. The van der Waals surface area contributed by atoms with Gasteiger partial charge in [-0.25, -0.2) is 0 Å². The van der Waals surface area contributed by atoms with Crippen molar-refractivity contribution in [2.45, 2.75) is 25.9 Å². The Morgan fingerprint density at radius 2 is 1.62 bits per heavy atom. The Labute approximate surface area is 143 Å². The van der Waals surface area contributed by atoms with Gasteiger partial charge in [0.2, 0.25) is 0 Å². The molecule has 0 bridgehead atoms. The lowest BCUT2D eigenvalue weighted by Gasteiger charge is -2.23. The maximum atomic E-state index is 5.44. The van der Waals surface area contributed by atoms with Gasteiger partial charge in [-0.05, 0) is 37.6 Å². The third-order valence-electron chi connectivity index (χ3n) is 3.53.